The number of aromatic nitrogens is 2. The third-order valence-corrected chi connectivity index (χ3v) is 2.70. The van der Waals surface area contributed by atoms with E-state index in [0.29, 0.717) is 5.69 Å². The third kappa shape index (κ3) is 1.31. The molecule has 0 bridgehead atoms. The summed E-state index contributed by atoms with van der Waals surface area (Å²) < 4.78 is 6.38. The van der Waals surface area contributed by atoms with Crippen molar-refractivity contribution < 1.29 is 9.53 Å². The van der Waals surface area contributed by atoms with Crippen molar-refractivity contribution in [2.45, 2.75) is 25.7 Å². The lowest BCUT2D eigenvalue weighted by atomic mass is 9.96. The van der Waals surface area contributed by atoms with Crippen LogP contribution in [0.3, 0.4) is 0 Å². The average molecular weight is 194 g/mol. The molecule has 0 aliphatic heterocycles. The number of hydrogen-bond acceptors (Lipinski definition) is 3. The van der Waals surface area contributed by atoms with Gasteiger partial charge >= 0.3 is 5.97 Å². The molecule has 4 nitrogen and oxygen atoms in total. The number of methoxy groups -OCH3 is 1. The van der Waals surface area contributed by atoms with Crippen LogP contribution in [-0.2, 0) is 24.6 Å². The molecule has 1 heterocycles. The monoisotopic (exact) mass is 194 g/mol. The van der Waals surface area contributed by atoms with Gasteiger partial charge in [0.1, 0.15) is 5.69 Å². The van der Waals surface area contributed by atoms with Crippen molar-refractivity contribution in [2.75, 3.05) is 7.11 Å². The van der Waals surface area contributed by atoms with Gasteiger partial charge in [-0.25, -0.2) is 4.79 Å². The average Bonchev–Trinajstić information content (AvgIpc) is 2.53. The van der Waals surface area contributed by atoms with Crippen LogP contribution < -0.4 is 0 Å². The Hall–Kier alpha value is -1.32. The highest BCUT2D eigenvalue weighted by Crippen LogP contribution is 2.23. The fraction of sp³-hybridized carbons (Fsp3) is 0.600. The molecule has 76 valence electrons. The Morgan fingerprint density at radius 2 is 2.14 bits per heavy atom. The van der Waals surface area contributed by atoms with Crippen molar-refractivity contribution in [3.05, 3.63) is 17.0 Å². The quantitative estimate of drug-likeness (QED) is 0.628. The van der Waals surface area contributed by atoms with Crippen LogP contribution in [0.2, 0.25) is 0 Å². The SMILES string of the molecule is COC(=O)c1c2c(nn1C)CCCC2. The predicted octanol–water partition coefficient (Wildman–Crippen LogP) is 1.09. The van der Waals surface area contributed by atoms with E-state index in [1.54, 1.807) is 11.7 Å². The Labute approximate surface area is 82.9 Å². The molecule has 4 heteroatoms. The molecule has 1 aliphatic rings. The highest BCUT2D eigenvalue weighted by atomic mass is 16.5. The van der Waals surface area contributed by atoms with Gasteiger partial charge in [-0.1, -0.05) is 0 Å². The maximum atomic E-state index is 11.5. The normalized spacial score (nSPS) is 15.0. The van der Waals surface area contributed by atoms with Gasteiger partial charge in [0.05, 0.1) is 12.8 Å². The molecule has 1 aromatic heterocycles. The molecule has 0 radical (unpaired) electrons. The molecule has 1 aromatic rings. The summed E-state index contributed by atoms with van der Waals surface area (Å²) in [5.41, 5.74) is 2.78. The van der Waals surface area contributed by atoms with Crippen LogP contribution in [0.4, 0.5) is 0 Å². The zero-order chi connectivity index (χ0) is 10.1. The molecule has 0 saturated heterocycles. The van der Waals surface area contributed by atoms with E-state index >= 15 is 0 Å². The second kappa shape index (κ2) is 3.44. The summed E-state index contributed by atoms with van der Waals surface area (Å²) in [5.74, 6) is -0.275. The maximum absolute atomic E-state index is 11.5. The van der Waals surface area contributed by atoms with Gasteiger partial charge in [-0.15, -0.1) is 0 Å². The number of carbonyl (C=O) groups is 1. The first kappa shape index (κ1) is 9.24. The number of fused-ring (bicyclic) bond motifs is 1. The predicted molar refractivity (Wildman–Crippen MR) is 51.2 cm³/mol. The van der Waals surface area contributed by atoms with E-state index in [1.165, 1.54) is 13.5 Å². The van der Waals surface area contributed by atoms with Crippen LogP contribution in [0.1, 0.15) is 34.6 Å². The minimum atomic E-state index is -0.275. The minimum absolute atomic E-state index is 0.275. The Morgan fingerprint density at radius 3 is 2.86 bits per heavy atom. The van der Waals surface area contributed by atoms with Crippen molar-refractivity contribution in [2.24, 2.45) is 7.05 Å². The van der Waals surface area contributed by atoms with E-state index in [1.807, 2.05) is 0 Å². The highest BCUT2D eigenvalue weighted by Gasteiger charge is 2.23. The van der Waals surface area contributed by atoms with Gasteiger partial charge in [-0.3, -0.25) is 4.68 Å². The Morgan fingerprint density at radius 1 is 1.43 bits per heavy atom. The Kier molecular flexibility index (Phi) is 2.27. The Balaban J connectivity index is 2.47. The van der Waals surface area contributed by atoms with Gasteiger partial charge in [-0.2, -0.15) is 5.10 Å². The van der Waals surface area contributed by atoms with Crippen molar-refractivity contribution in [1.82, 2.24) is 9.78 Å². The van der Waals surface area contributed by atoms with Crippen LogP contribution in [0.5, 0.6) is 0 Å². The summed E-state index contributed by atoms with van der Waals surface area (Å²) in [7, 11) is 3.20. The van der Waals surface area contributed by atoms with E-state index in [2.05, 4.69) is 5.10 Å². The molecular weight excluding hydrogens is 180 g/mol. The minimum Gasteiger partial charge on any atom is -0.464 e. The van der Waals surface area contributed by atoms with Crippen molar-refractivity contribution in [3.8, 4) is 0 Å². The number of carbonyl (C=O) groups excluding carboxylic acids is 1. The highest BCUT2D eigenvalue weighted by molar-refractivity contribution is 5.89. The summed E-state index contributed by atoms with van der Waals surface area (Å²) in [6.07, 6.45) is 4.25. The van der Waals surface area contributed by atoms with Gasteiger partial charge in [0, 0.05) is 12.6 Å². The fourth-order valence-electron chi connectivity index (χ4n) is 2.03. The maximum Gasteiger partial charge on any atom is 0.356 e. The van der Waals surface area contributed by atoms with Gasteiger partial charge < -0.3 is 4.74 Å². The van der Waals surface area contributed by atoms with Crippen LogP contribution in [0.15, 0.2) is 0 Å². The summed E-state index contributed by atoms with van der Waals surface area (Å²) in [5, 5.41) is 4.34. The van der Waals surface area contributed by atoms with E-state index in [9.17, 15) is 4.79 Å². The smallest absolute Gasteiger partial charge is 0.356 e. The summed E-state index contributed by atoms with van der Waals surface area (Å²) in [6.45, 7) is 0. The lowest BCUT2D eigenvalue weighted by Gasteiger charge is -2.09. The van der Waals surface area contributed by atoms with E-state index in [-0.39, 0.29) is 5.97 Å². The van der Waals surface area contributed by atoms with Gasteiger partial charge in [0.2, 0.25) is 0 Å². The summed E-state index contributed by atoms with van der Waals surface area (Å²) in [6, 6.07) is 0. The first-order chi connectivity index (χ1) is 6.74. The first-order valence-electron chi connectivity index (χ1n) is 4.87. The zero-order valence-corrected chi connectivity index (χ0v) is 8.54. The number of rotatable bonds is 1. The summed E-state index contributed by atoms with van der Waals surface area (Å²) >= 11 is 0. The second-order valence-electron chi connectivity index (χ2n) is 3.60. The Bertz CT molecular complexity index is 368. The largest absolute Gasteiger partial charge is 0.464 e. The molecule has 0 saturated carbocycles. The molecule has 0 N–H and O–H groups in total. The zero-order valence-electron chi connectivity index (χ0n) is 8.54. The van der Waals surface area contributed by atoms with Crippen molar-refractivity contribution in [3.63, 3.8) is 0 Å². The molecule has 0 unspecified atom stereocenters. The molecule has 0 aromatic carbocycles. The molecule has 0 atom stereocenters. The van der Waals surface area contributed by atoms with Crippen LogP contribution in [-0.4, -0.2) is 22.9 Å². The van der Waals surface area contributed by atoms with E-state index < -0.39 is 0 Å². The summed E-state index contributed by atoms with van der Waals surface area (Å²) in [4.78, 5) is 11.5. The van der Waals surface area contributed by atoms with Crippen molar-refractivity contribution >= 4 is 5.97 Å². The number of esters is 1. The van der Waals surface area contributed by atoms with Crippen LogP contribution >= 0.6 is 0 Å². The van der Waals surface area contributed by atoms with E-state index in [0.717, 1.165) is 30.5 Å². The molecular formula is C10H14N2O2. The topological polar surface area (TPSA) is 44.1 Å². The number of aryl methyl sites for hydroxylation is 2. The van der Waals surface area contributed by atoms with Gasteiger partial charge in [-0.05, 0) is 25.7 Å². The number of ether oxygens (including phenoxy) is 1. The second-order valence-corrected chi connectivity index (χ2v) is 3.60. The molecule has 14 heavy (non-hydrogen) atoms. The molecule has 0 fully saturated rings. The number of nitrogens with zero attached hydrogens (tertiary/aromatic N) is 2. The molecule has 2 rings (SSSR count). The first-order valence-corrected chi connectivity index (χ1v) is 4.87. The lowest BCUT2D eigenvalue weighted by molar-refractivity contribution is 0.0587. The molecule has 0 spiro atoms. The van der Waals surface area contributed by atoms with Gasteiger partial charge in [0.15, 0.2) is 0 Å². The number of hydrogen-bond donors (Lipinski definition) is 0. The third-order valence-electron chi connectivity index (χ3n) is 2.70. The van der Waals surface area contributed by atoms with Crippen molar-refractivity contribution in [1.29, 1.82) is 0 Å². The standard InChI is InChI=1S/C10H14N2O2/c1-12-9(10(13)14-2)7-5-3-4-6-8(7)11-12/h3-6H2,1-2H3. The van der Waals surface area contributed by atoms with Gasteiger partial charge in [0.25, 0.3) is 0 Å². The fourth-order valence-corrected chi connectivity index (χ4v) is 2.03. The molecule has 0 amide bonds. The van der Waals surface area contributed by atoms with Crippen LogP contribution in [0.25, 0.3) is 0 Å². The van der Waals surface area contributed by atoms with Crippen LogP contribution in [0, 0.1) is 0 Å². The lowest BCUT2D eigenvalue weighted by Crippen LogP contribution is -2.11. The molecule has 1 aliphatic carbocycles. The van der Waals surface area contributed by atoms with E-state index in [4.69, 9.17) is 4.74 Å².